The molecule has 0 unspecified atom stereocenters. The molecule has 6 heteroatoms. The number of carbonyl (C=O) groups excluding carboxylic acids is 2. The van der Waals surface area contributed by atoms with Crippen molar-refractivity contribution in [2.75, 3.05) is 0 Å². The number of carbonyl (C=O) groups is 2. The van der Waals surface area contributed by atoms with E-state index in [2.05, 4.69) is 72.8 Å². The third-order valence-corrected chi connectivity index (χ3v) is 25.7. The Hall–Kier alpha value is -3.25. The zero-order valence-corrected chi connectivity index (χ0v) is 28.1. The van der Waals surface area contributed by atoms with Crippen molar-refractivity contribution in [1.82, 2.24) is 0 Å². The Bertz CT molecular complexity index is 1810. The van der Waals surface area contributed by atoms with Gasteiger partial charge >= 0.3 is 248 Å². The molecule has 0 saturated carbocycles. The van der Waals surface area contributed by atoms with Crippen LogP contribution in [0, 0.1) is 0 Å². The first kappa shape index (κ1) is 28.9. The van der Waals surface area contributed by atoms with Crippen LogP contribution in [-0.2, 0) is 41.3 Å². The van der Waals surface area contributed by atoms with E-state index in [-0.39, 0.29) is 24.8 Å². The standard InChI is InChI=1S/2C13H9.2C4H8O2.2CH3.H2Si.Ti/c2*1-3-7-12-10(5-1)9-11-6-2-4-8-13(11)12;2*1-2-3-4(5)6;;;;/h2*1-5,7-8H,9H2;2*2-3H2,1H3,(H,5,6);2*1H3;1H2;/q;;;;;;;+2/p-2. The van der Waals surface area contributed by atoms with Crippen molar-refractivity contribution in [3.05, 3.63) is 107 Å². The van der Waals surface area contributed by atoms with E-state index in [1.165, 1.54) is 22.3 Å². The number of benzene rings is 4. The van der Waals surface area contributed by atoms with Crippen LogP contribution in [0.4, 0.5) is 0 Å². The molecule has 2 aliphatic rings. The monoisotopic (exact) mass is 612 g/mol. The van der Waals surface area contributed by atoms with Gasteiger partial charge in [-0.15, -0.1) is 0 Å². The normalized spacial score (nSPS) is 15.6. The molecule has 0 spiro atoms. The second kappa shape index (κ2) is 8.89. The van der Waals surface area contributed by atoms with Gasteiger partial charge < -0.3 is 0 Å². The average Bonchev–Trinajstić information content (AvgIpc) is 3.51. The summed E-state index contributed by atoms with van der Waals surface area (Å²) in [7, 11) is 1.68. The first-order valence-corrected chi connectivity index (χ1v) is 25.2. The summed E-state index contributed by atoms with van der Waals surface area (Å²) in [6.45, 7) is 3.95. The van der Waals surface area contributed by atoms with Gasteiger partial charge in [-0.3, -0.25) is 0 Å². The summed E-state index contributed by atoms with van der Waals surface area (Å²) in [5, 5.41) is 4.07. The van der Waals surface area contributed by atoms with Gasteiger partial charge in [0.05, 0.1) is 0 Å². The Balaban J connectivity index is 1.79. The van der Waals surface area contributed by atoms with Crippen LogP contribution in [0.1, 0.15) is 61.8 Å². The molecule has 0 aliphatic heterocycles. The quantitative estimate of drug-likeness (QED) is 0.180. The Labute approximate surface area is 247 Å². The molecule has 4 nitrogen and oxygen atoms in total. The first-order chi connectivity index (χ1) is 19.9. The van der Waals surface area contributed by atoms with Crippen molar-refractivity contribution in [3.8, 4) is 22.3 Å². The second-order valence-electron chi connectivity index (χ2n) is 14.1. The summed E-state index contributed by atoms with van der Waals surface area (Å²) >= 11 is -6.68. The van der Waals surface area contributed by atoms with Crippen LogP contribution in [0.3, 0.4) is 0 Å². The Kier molecular flexibility index (Phi) is 6.10. The third kappa shape index (κ3) is 3.97. The number of rotatable bonds is 8. The molecule has 0 aromatic heterocycles. The molecule has 216 valence electrons. The van der Waals surface area contributed by atoms with Crippen LogP contribution in [0.25, 0.3) is 22.3 Å². The van der Waals surface area contributed by atoms with E-state index < -0.39 is 12.3 Å². The maximum atomic E-state index is 14.0. The molecule has 4 aromatic carbocycles. The van der Waals surface area contributed by atoms with Gasteiger partial charge in [-0.25, -0.2) is 0 Å². The Morgan fingerprint density at radius 2 is 1.00 bits per heavy atom. The zero-order valence-electron chi connectivity index (χ0n) is 25.2. The van der Waals surface area contributed by atoms with E-state index >= 15 is 0 Å². The summed E-state index contributed by atoms with van der Waals surface area (Å²) in [5.74, 6) is -0.669. The third-order valence-electron chi connectivity index (χ3n) is 9.84. The van der Waals surface area contributed by atoms with Crippen LogP contribution in [-0.4, -0.2) is 19.6 Å². The zero-order chi connectivity index (χ0) is 29.9. The molecule has 0 atom stereocenters. The number of hydrogen-bond donors (Lipinski definition) is 0. The van der Waals surface area contributed by atoms with Gasteiger partial charge in [0, 0.05) is 0 Å². The first-order valence-electron chi connectivity index (χ1n) is 15.3. The predicted octanol–water partition coefficient (Wildman–Crippen LogP) is 6.70. The molecule has 0 N–H and O–H groups in total. The minimum atomic E-state index is -6.68. The van der Waals surface area contributed by atoms with E-state index in [1.54, 1.807) is 7.63 Å². The van der Waals surface area contributed by atoms with Crippen LogP contribution < -0.4 is 7.74 Å². The molecule has 42 heavy (non-hydrogen) atoms. The number of fused-ring (bicyclic) bond motifs is 6. The second-order valence-corrected chi connectivity index (χ2v) is 40.9. The fourth-order valence-electron chi connectivity index (χ4n) is 8.03. The summed E-state index contributed by atoms with van der Waals surface area (Å²) in [5.41, 5.74) is 9.17. The molecular weight excluding hydrogens is 572 g/mol. The van der Waals surface area contributed by atoms with Crippen molar-refractivity contribution in [2.24, 2.45) is 0 Å². The van der Waals surface area contributed by atoms with Crippen molar-refractivity contribution in [2.45, 2.75) is 62.8 Å². The SMILES string of the molecule is CCCC(=O)[O][Ti]([CH3])([CH3])(=[SiH2])([O]C(=O)CCC)([c]1cccc2c1Cc1ccccc1-2)[c]1cccc2c1Cc1ccccc1-2. The van der Waals surface area contributed by atoms with Gasteiger partial charge in [0.25, 0.3) is 0 Å². The molecule has 0 bridgehead atoms. The van der Waals surface area contributed by atoms with Gasteiger partial charge in [-0.05, 0) is 0 Å². The predicted molar refractivity (Wildman–Crippen MR) is 171 cm³/mol. The molecule has 0 fully saturated rings. The molecule has 0 saturated heterocycles. The summed E-state index contributed by atoms with van der Waals surface area (Å²) < 4.78 is 16.1. The molecule has 4 aromatic rings. The Morgan fingerprint density at radius 3 is 1.40 bits per heavy atom. The molecule has 0 heterocycles. The molecule has 2 aliphatic carbocycles. The Morgan fingerprint density at radius 1 is 0.619 bits per heavy atom. The van der Waals surface area contributed by atoms with E-state index in [9.17, 15) is 9.59 Å². The molecule has 0 amide bonds. The minimum absolute atomic E-state index is 0.238. The van der Waals surface area contributed by atoms with Gasteiger partial charge in [0.1, 0.15) is 0 Å². The van der Waals surface area contributed by atoms with E-state index in [0.717, 1.165) is 30.0 Å². The van der Waals surface area contributed by atoms with E-state index in [4.69, 9.17) is 6.64 Å². The van der Waals surface area contributed by atoms with Gasteiger partial charge in [0.15, 0.2) is 0 Å². The van der Waals surface area contributed by atoms with Gasteiger partial charge in [-0.2, -0.15) is 0 Å². The van der Waals surface area contributed by atoms with Gasteiger partial charge in [0.2, 0.25) is 0 Å². The van der Waals surface area contributed by atoms with Crippen LogP contribution >= 0.6 is 0 Å². The molecular formula is C36H40O4SiTi. The van der Waals surface area contributed by atoms with Crippen LogP contribution in [0.15, 0.2) is 84.9 Å². The maximum absolute atomic E-state index is 14.0. The summed E-state index contributed by atoms with van der Waals surface area (Å²) in [6.07, 6.45) is 3.10. The summed E-state index contributed by atoms with van der Waals surface area (Å²) in [4.78, 5) is 28.1. The topological polar surface area (TPSA) is 52.6 Å². The average molecular weight is 613 g/mol. The van der Waals surface area contributed by atoms with Crippen molar-refractivity contribution in [1.29, 1.82) is 0 Å². The summed E-state index contributed by atoms with van der Waals surface area (Å²) in [6, 6.07) is 29.4. The van der Waals surface area contributed by atoms with Crippen molar-refractivity contribution < 1.29 is 28.5 Å². The van der Waals surface area contributed by atoms with E-state index in [1.807, 2.05) is 36.4 Å². The van der Waals surface area contributed by atoms with E-state index in [0.29, 0.717) is 25.7 Å². The van der Waals surface area contributed by atoms with Crippen molar-refractivity contribution in [3.63, 3.8) is 0 Å². The number of hydrogen-bond acceptors (Lipinski definition) is 4. The molecule has 6 rings (SSSR count). The fraction of sp³-hybridized carbons (Fsp3) is 0.278. The van der Waals surface area contributed by atoms with Gasteiger partial charge in [-0.1, -0.05) is 0 Å². The molecule has 0 radical (unpaired) electrons. The van der Waals surface area contributed by atoms with Crippen LogP contribution in [0.2, 0.25) is 10.5 Å². The van der Waals surface area contributed by atoms with Crippen molar-refractivity contribution >= 4 is 27.3 Å². The van der Waals surface area contributed by atoms with Crippen LogP contribution in [0.5, 0.6) is 0 Å². The fourth-order valence-corrected chi connectivity index (χ4v) is 23.4.